The molecule has 1 amide bonds. The van der Waals surface area contributed by atoms with E-state index >= 15 is 0 Å². The number of amides is 1. The van der Waals surface area contributed by atoms with Crippen molar-refractivity contribution in [3.63, 3.8) is 0 Å². The topological polar surface area (TPSA) is 33.2 Å². The highest BCUT2D eigenvalue weighted by Crippen LogP contribution is 2.37. The molecule has 0 aliphatic carbocycles. The van der Waals surface area contributed by atoms with Gasteiger partial charge in [-0.2, -0.15) is 11.8 Å². The lowest BCUT2D eigenvalue weighted by molar-refractivity contribution is 0.0760. The molecule has 2 aromatic rings. The molecular weight excluding hydrogens is 316 g/mol. The van der Waals surface area contributed by atoms with Crippen molar-refractivity contribution in [2.45, 2.75) is 11.7 Å². The maximum Gasteiger partial charge on any atom is 0.272 e. The van der Waals surface area contributed by atoms with Crippen LogP contribution in [0.3, 0.4) is 0 Å². The van der Waals surface area contributed by atoms with Crippen LogP contribution in [-0.2, 0) is 0 Å². The predicted molar refractivity (Wildman–Crippen MR) is 91.4 cm³/mol. The van der Waals surface area contributed by atoms with Crippen LogP contribution in [-0.4, -0.2) is 34.6 Å². The summed E-state index contributed by atoms with van der Waals surface area (Å²) in [6.45, 7) is 1.49. The number of hydrogen-bond donors (Lipinski definition) is 0. The second kappa shape index (κ2) is 7.16. The Kier molecular flexibility index (Phi) is 5.01. The van der Waals surface area contributed by atoms with Gasteiger partial charge in [-0.1, -0.05) is 35.9 Å². The SMILES string of the molecule is O=C(c1ccccn1)N1CCSC(c2ccccc2Cl)CC1. The molecule has 0 spiro atoms. The first-order chi connectivity index (χ1) is 10.8. The van der Waals surface area contributed by atoms with Gasteiger partial charge in [0.2, 0.25) is 0 Å². The van der Waals surface area contributed by atoms with Crippen LogP contribution in [0.5, 0.6) is 0 Å². The number of carbonyl (C=O) groups excluding carboxylic acids is 1. The molecule has 1 aliphatic rings. The first kappa shape index (κ1) is 15.4. The van der Waals surface area contributed by atoms with Gasteiger partial charge in [0.25, 0.3) is 5.91 Å². The van der Waals surface area contributed by atoms with Crippen molar-refractivity contribution >= 4 is 29.3 Å². The molecule has 3 rings (SSSR count). The van der Waals surface area contributed by atoms with E-state index in [2.05, 4.69) is 11.1 Å². The molecule has 1 fully saturated rings. The highest BCUT2D eigenvalue weighted by atomic mass is 35.5. The quantitative estimate of drug-likeness (QED) is 0.831. The molecule has 5 heteroatoms. The summed E-state index contributed by atoms with van der Waals surface area (Å²) in [6, 6.07) is 13.4. The lowest BCUT2D eigenvalue weighted by atomic mass is 10.1. The van der Waals surface area contributed by atoms with Gasteiger partial charge in [0, 0.05) is 35.3 Å². The molecule has 1 aromatic carbocycles. The lowest BCUT2D eigenvalue weighted by Gasteiger charge is -2.20. The summed E-state index contributed by atoms with van der Waals surface area (Å²) in [5, 5.41) is 1.15. The van der Waals surface area contributed by atoms with E-state index < -0.39 is 0 Å². The molecule has 0 bridgehead atoms. The maximum absolute atomic E-state index is 12.5. The van der Waals surface area contributed by atoms with Crippen molar-refractivity contribution in [1.29, 1.82) is 0 Å². The Bertz CT molecular complexity index is 650. The van der Waals surface area contributed by atoms with Crippen LogP contribution in [0, 0.1) is 0 Å². The second-order valence-corrected chi connectivity index (χ2v) is 6.89. The van der Waals surface area contributed by atoms with Crippen molar-refractivity contribution in [2.75, 3.05) is 18.8 Å². The van der Waals surface area contributed by atoms with Crippen LogP contribution in [0.25, 0.3) is 0 Å². The molecule has 3 nitrogen and oxygen atoms in total. The first-order valence-corrected chi connectivity index (χ1v) is 8.75. The molecule has 1 unspecified atom stereocenters. The van der Waals surface area contributed by atoms with Crippen molar-refractivity contribution in [3.05, 3.63) is 64.9 Å². The van der Waals surface area contributed by atoms with Gasteiger partial charge in [-0.25, -0.2) is 0 Å². The summed E-state index contributed by atoms with van der Waals surface area (Å²) in [4.78, 5) is 18.5. The zero-order valence-electron chi connectivity index (χ0n) is 12.1. The number of hydrogen-bond acceptors (Lipinski definition) is 3. The highest BCUT2D eigenvalue weighted by molar-refractivity contribution is 7.99. The van der Waals surface area contributed by atoms with Crippen LogP contribution in [0.4, 0.5) is 0 Å². The van der Waals surface area contributed by atoms with E-state index in [1.807, 2.05) is 47.0 Å². The number of benzene rings is 1. The number of thioether (sulfide) groups is 1. The molecule has 1 atom stereocenters. The fraction of sp³-hybridized carbons (Fsp3) is 0.294. The molecule has 114 valence electrons. The second-order valence-electron chi connectivity index (χ2n) is 5.18. The van der Waals surface area contributed by atoms with Crippen LogP contribution < -0.4 is 0 Å². The van der Waals surface area contributed by atoms with E-state index in [-0.39, 0.29) is 5.91 Å². The van der Waals surface area contributed by atoms with Crippen molar-refractivity contribution in [1.82, 2.24) is 9.88 Å². The van der Waals surface area contributed by atoms with E-state index in [0.29, 0.717) is 10.9 Å². The number of halogens is 1. The standard InChI is InChI=1S/C17H17ClN2OS/c18-14-6-2-1-5-13(14)16-8-10-20(11-12-22-16)17(21)15-7-3-4-9-19-15/h1-7,9,16H,8,10-12H2. The molecule has 2 heterocycles. The lowest BCUT2D eigenvalue weighted by Crippen LogP contribution is -2.33. The Morgan fingerprint density at radius 1 is 1.18 bits per heavy atom. The zero-order valence-corrected chi connectivity index (χ0v) is 13.7. The molecule has 1 aromatic heterocycles. The Balaban J connectivity index is 1.70. The third kappa shape index (κ3) is 3.45. The summed E-state index contributed by atoms with van der Waals surface area (Å²) in [6.07, 6.45) is 2.57. The zero-order chi connectivity index (χ0) is 15.4. The van der Waals surface area contributed by atoms with Gasteiger partial charge in [-0.3, -0.25) is 9.78 Å². The van der Waals surface area contributed by atoms with Gasteiger partial charge in [0.05, 0.1) is 0 Å². The van der Waals surface area contributed by atoms with Gasteiger partial charge in [-0.05, 0) is 30.2 Å². The van der Waals surface area contributed by atoms with Crippen molar-refractivity contribution < 1.29 is 4.79 Å². The summed E-state index contributed by atoms with van der Waals surface area (Å²) >= 11 is 8.17. The normalized spacial score (nSPS) is 18.8. The maximum atomic E-state index is 12.5. The molecule has 22 heavy (non-hydrogen) atoms. The Morgan fingerprint density at radius 2 is 2.00 bits per heavy atom. The first-order valence-electron chi connectivity index (χ1n) is 7.32. The van der Waals surface area contributed by atoms with E-state index in [1.165, 1.54) is 5.56 Å². The van der Waals surface area contributed by atoms with Crippen LogP contribution in [0.15, 0.2) is 48.7 Å². The van der Waals surface area contributed by atoms with Gasteiger partial charge >= 0.3 is 0 Å². The molecular formula is C17H17ClN2OS. The summed E-state index contributed by atoms with van der Waals surface area (Å²) in [5.41, 5.74) is 1.69. The minimum atomic E-state index is 0.0148. The fourth-order valence-electron chi connectivity index (χ4n) is 2.61. The number of rotatable bonds is 2. The fourth-order valence-corrected chi connectivity index (χ4v) is 4.21. The largest absolute Gasteiger partial charge is 0.336 e. The molecule has 0 radical (unpaired) electrons. The summed E-state index contributed by atoms with van der Waals surface area (Å²) in [5.74, 6) is 0.926. The average molecular weight is 333 g/mol. The third-order valence-corrected chi connectivity index (χ3v) is 5.42. The van der Waals surface area contributed by atoms with Gasteiger partial charge in [-0.15, -0.1) is 0 Å². The van der Waals surface area contributed by atoms with E-state index in [0.717, 1.165) is 30.3 Å². The predicted octanol–water partition coefficient (Wildman–Crippen LogP) is 4.06. The molecule has 1 saturated heterocycles. The van der Waals surface area contributed by atoms with Crippen LogP contribution in [0.1, 0.15) is 27.7 Å². The Hall–Kier alpha value is -1.52. The van der Waals surface area contributed by atoms with E-state index in [1.54, 1.807) is 12.3 Å². The van der Waals surface area contributed by atoms with Crippen LogP contribution in [0.2, 0.25) is 5.02 Å². The number of aromatic nitrogens is 1. The minimum absolute atomic E-state index is 0.0148. The van der Waals surface area contributed by atoms with E-state index in [4.69, 9.17) is 11.6 Å². The van der Waals surface area contributed by atoms with Gasteiger partial charge < -0.3 is 4.90 Å². The van der Waals surface area contributed by atoms with Gasteiger partial charge in [0.1, 0.15) is 5.69 Å². The van der Waals surface area contributed by atoms with Crippen molar-refractivity contribution in [3.8, 4) is 0 Å². The molecule has 1 aliphatic heterocycles. The number of pyridine rings is 1. The molecule has 0 N–H and O–H groups in total. The van der Waals surface area contributed by atoms with E-state index in [9.17, 15) is 4.79 Å². The number of nitrogens with zero attached hydrogens (tertiary/aromatic N) is 2. The number of carbonyl (C=O) groups is 1. The molecule has 0 saturated carbocycles. The monoisotopic (exact) mass is 332 g/mol. The smallest absolute Gasteiger partial charge is 0.272 e. The Morgan fingerprint density at radius 3 is 2.77 bits per heavy atom. The minimum Gasteiger partial charge on any atom is -0.336 e. The van der Waals surface area contributed by atoms with Crippen molar-refractivity contribution in [2.24, 2.45) is 0 Å². The Labute approximate surface area is 139 Å². The highest BCUT2D eigenvalue weighted by Gasteiger charge is 2.24. The third-order valence-electron chi connectivity index (χ3n) is 3.76. The summed E-state index contributed by atoms with van der Waals surface area (Å²) < 4.78 is 0. The van der Waals surface area contributed by atoms with Gasteiger partial charge in [0.15, 0.2) is 0 Å². The average Bonchev–Trinajstić information content (AvgIpc) is 2.81. The summed E-state index contributed by atoms with van der Waals surface area (Å²) in [7, 11) is 0. The van der Waals surface area contributed by atoms with Crippen LogP contribution >= 0.6 is 23.4 Å².